The molecule has 134 valence electrons. The lowest BCUT2D eigenvalue weighted by Gasteiger charge is -2.19. The topological polar surface area (TPSA) is 78.9 Å². The van der Waals surface area contributed by atoms with Crippen molar-refractivity contribution < 1.29 is 9.53 Å². The van der Waals surface area contributed by atoms with Crippen LogP contribution >= 0.6 is 0 Å². The fourth-order valence-corrected chi connectivity index (χ4v) is 2.26. The van der Waals surface area contributed by atoms with E-state index in [0.29, 0.717) is 31.3 Å². The number of amides is 1. The number of rotatable bonds is 9. The number of carbonyl (C=O) groups is 1. The Labute approximate surface area is 144 Å². The minimum Gasteiger partial charge on any atom is -0.481 e. The Balaban J connectivity index is 2.58. The van der Waals surface area contributed by atoms with Crippen LogP contribution in [0, 0.1) is 0 Å². The molecule has 1 rings (SSSR count). The second-order valence-electron chi connectivity index (χ2n) is 5.11. The van der Waals surface area contributed by atoms with Crippen LogP contribution in [0.15, 0.2) is 23.3 Å². The maximum atomic E-state index is 12.0. The average Bonchev–Trinajstić information content (AvgIpc) is 2.61. The minimum absolute atomic E-state index is 0.150. The highest BCUT2D eigenvalue weighted by atomic mass is 16.5. The van der Waals surface area contributed by atoms with Crippen molar-refractivity contribution in [1.29, 1.82) is 0 Å². The Morgan fingerprint density at radius 3 is 2.67 bits per heavy atom. The number of hydrogen-bond acceptors (Lipinski definition) is 4. The highest BCUT2D eigenvalue weighted by Crippen LogP contribution is 2.14. The van der Waals surface area contributed by atoms with Crippen molar-refractivity contribution in [2.75, 3.05) is 33.3 Å². The van der Waals surface area contributed by atoms with Crippen LogP contribution in [-0.2, 0) is 11.3 Å². The van der Waals surface area contributed by atoms with Gasteiger partial charge in [-0.25, -0.2) is 9.98 Å². The van der Waals surface area contributed by atoms with E-state index >= 15 is 0 Å². The van der Waals surface area contributed by atoms with Crippen molar-refractivity contribution in [2.45, 2.75) is 33.7 Å². The number of hydrogen-bond donors (Lipinski definition) is 2. The van der Waals surface area contributed by atoms with Gasteiger partial charge in [0.25, 0.3) is 0 Å². The van der Waals surface area contributed by atoms with Crippen molar-refractivity contribution in [3.63, 3.8) is 0 Å². The first kappa shape index (κ1) is 19.7. The summed E-state index contributed by atoms with van der Waals surface area (Å²) in [5, 5.41) is 6.37. The molecule has 0 aliphatic heterocycles. The van der Waals surface area contributed by atoms with Gasteiger partial charge in [0, 0.05) is 44.4 Å². The van der Waals surface area contributed by atoms with Crippen molar-refractivity contribution in [2.24, 2.45) is 4.99 Å². The predicted octanol–water partition coefficient (Wildman–Crippen LogP) is 1.40. The molecule has 1 amide bonds. The van der Waals surface area contributed by atoms with Crippen LogP contribution in [0.1, 0.15) is 32.8 Å². The molecule has 0 fully saturated rings. The third-order valence-corrected chi connectivity index (χ3v) is 3.54. The molecule has 0 spiro atoms. The monoisotopic (exact) mass is 335 g/mol. The summed E-state index contributed by atoms with van der Waals surface area (Å²) in [7, 11) is 1.60. The van der Waals surface area contributed by atoms with Crippen molar-refractivity contribution >= 4 is 11.9 Å². The van der Waals surface area contributed by atoms with Crippen LogP contribution in [0.25, 0.3) is 0 Å². The molecule has 0 aliphatic carbocycles. The van der Waals surface area contributed by atoms with Crippen LogP contribution in [0.5, 0.6) is 5.88 Å². The van der Waals surface area contributed by atoms with Gasteiger partial charge in [-0.05, 0) is 26.8 Å². The molecule has 0 atom stereocenters. The Morgan fingerprint density at radius 1 is 1.29 bits per heavy atom. The summed E-state index contributed by atoms with van der Waals surface area (Å²) in [5.74, 6) is 1.40. The van der Waals surface area contributed by atoms with Crippen LogP contribution < -0.4 is 15.4 Å². The first-order chi connectivity index (χ1) is 11.7. The van der Waals surface area contributed by atoms with Crippen LogP contribution in [0.4, 0.5) is 0 Å². The van der Waals surface area contributed by atoms with Crippen LogP contribution in [0.2, 0.25) is 0 Å². The fraction of sp³-hybridized carbons (Fsp3) is 0.588. The summed E-state index contributed by atoms with van der Waals surface area (Å²) in [4.78, 5) is 22.5. The van der Waals surface area contributed by atoms with E-state index in [0.717, 1.165) is 25.2 Å². The summed E-state index contributed by atoms with van der Waals surface area (Å²) in [6.45, 7) is 9.21. The number of carbonyl (C=O) groups excluding carboxylic acids is 1. The molecular formula is C17H29N5O2. The van der Waals surface area contributed by atoms with Crippen molar-refractivity contribution in [1.82, 2.24) is 20.5 Å². The van der Waals surface area contributed by atoms with Gasteiger partial charge in [0.1, 0.15) is 0 Å². The summed E-state index contributed by atoms with van der Waals surface area (Å²) in [6, 6.07) is 3.79. The van der Waals surface area contributed by atoms with E-state index < -0.39 is 0 Å². The van der Waals surface area contributed by atoms with E-state index in [1.54, 1.807) is 13.3 Å². The van der Waals surface area contributed by atoms with E-state index in [4.69, 9.17) is 4.74 Å². The Kier molecular flexibility index (Phi) is 9.26. The van der Waals surface area contributed by atoms with Gasteiger partial charge in [0.05, 0.1) is 13.7 Å². The van der Waals surface area contributed by atoms with Crippen LogP contribution in [0.3, 0.4) is 0 Å². The molecular weight excluding hydrogens is 306 g/mol. The van der Waals surface area contributed by atoms with E-state index in [1.807, 2.05) is 37.8 Å². The molecule has 0 saturated carbocycles. The van der Waals surface area contributed by atoms with Crippen LogP contribution in [-0.4, -0.2) is 55.0 Å². The molecule has 24 heavy (non-hydrogen) atoms. The molecule has 0 aromatic carbocycles. The lowest BCUT2D eigenvalue weighted by molar-refractivity contribution is -0.130. The van der Waals surface area contributed by atoms with Gasteiger partial charge in [-0.1, -0.05) is 6.07 Å². The Hall–Kier alpha value is -2.31. The normalized spacial score (nSPS) is 11.1. The second-order valence-corrected chi connectivity index (χ2v) is 5.11. The third kappa shape index (κ3) is 6.44. The molecule has 0 unspecified atom stereocenters. The number of nitrogens with zero attached hydrogens (tertiary/aromatic N) is 3. The van der Waals surface area contributed by atoms with Gasteiger partial charge in [0.15, 0.2) is 5.96 Å². The zero-order chi connectivity index (χ0) is 17.8. The molecule has 2 N–H and O–H groups in total. The highest BCUT2D eigenvalue weighted by Gasteiger charge is 2.09. The van der Waals surface area contributed by atoms with Gasteiger partial charge in [-0.3, -0.25) is 4.79 Å². The Bertz CT molecular complexity index is 529. The summed E-state index contributed by atoms with van der Waals surface area (Å²) in [5.41, 5.74) is 0.913. The standard InChI is InChI=1S/C17H29N5O2/c1-5-18-17(20-12-10-15(23)22(6-2)7-3)21-13-14-9-8-11-19-16(14)24-4/h8-9,11H,5-7,10,12-13H2,1-4H3,(H2,18,20,21). The van der Waals surface area contributed by atoms with Gasteiger partial charge >= 0.3 is 0 Å². The molecule has 7 heteroatoms. The molecule has 0 aliphatic rings. The quantitative estimate of drug-likeness (QED) is 0.527. The summed E-state index contributed by atoms with van der Waals surface area (Å²) in [6.07, 6.45) is 2.14. The second kappa shape index (κ2) is 11.3. The zero-order valence-corrected chi connectivity index (χ0v) is 15.1. The number of aliphatic imine (C=N–C) groups is 1. The summed E-state index contributed by atoms with van der Waals surface area (Å²) >= 11 is 0. The highest BCUT2D eigenvalue weighted by molar-refractivity contribution is 5.81. The lowest BCUT2D eigenvalue weighted by atomic mass is 10.3. The predicted molar refractivity (Wildman–Crippen MR) is 96.2 cm³/mol. The largest absolute Gasteiger partial charge is 0.481 e. The van der Waals surface area contributed by atoms with Gasteiger partial charge in [-0.2, -0.15) is 0 Å². The SMILES string of the molecule is CCNC(=NCc1cccnc1OC)NCCC(=O)N(CC)CC. The van der Waals surface area contributed by atoms with E-state index in [9.17, 15) is 4.79 Å². The number of aromatic nitrogens is 1. The van der Waals surface area contributed by atoms with E-state index in [-0.39, 0.29) is 5.91 Å². The Morgan fingerprint density at radius 2 is 2.04 bits per heavy atom. The number of nitrogens with one attached hydrogen (secondary N) is 2. The molecule has 1 aromatic rings. The molecule has 0 radical (unpaired) electrons. The molecule has 0 bridgehead atoms. The number of methoxy groups -OCH3 is 1. The molecule has 7 nitrogen and oxygen atoms in total. The minimum atomic E-state index is 0.150. The smallest absolute Gasteiger partial charge is 0.224 e. The fourth-order valence-electron chi connectivity index (χ4n) is 2.26. The number of pyridine rings is 1. The van der Waals surface area contributed by atoms with E-state index in [2.05, 4.69) is 20.6 Å². The van der Waals surface area contributed by atoms with Gasteiger partial charge in [0.2, 0.25) is 11.8 Å². The molecule has 1 heterocycles. The first-order valence-corrected chi connectivity index (χ1v) is 8.44. The zero-order valence-electron chi connectivity index (χ0n) is 15.1. The van der Waals surface area contributed by atoms with E-state index in [1.165, 1.54) is 0 Å². The average molecular weight is 335 g/mol. The molecule has 0 saturated heterocycles. The van der Waals surface area contributed by atoms with Gasteiger partial charge < -0.3 is 20.3 Å². The van der Waals surface area contributed by atoms with Crippen molar-refractivity contribution in [3.05, 3.63) is 23.9 Å². The number of guanidine groups is 1. The first-order valence-electron chi connectivity index (χ1n) is 8.44. The third-order valence-electron chi connectivity index (χ3n) is 3.54. The maximum Gasteiger partial charge on any atom is 0.224 e. The van der Waals surface area contributed by atoms with Crippen molar-refractivity contribution in [3.8, 4) is 5.88 Å². The maximum absolute atomic E-state index is 12.0. The molecule has 1 aromatic heterocycles. The number of ether oxygens (including phenoxy) is 1. The lowest BCUT2D eigenvalue weighted by Crippen LogP contribution is -2.40. The summed E-state index contributed by atoms with van der Waals surface area (Å²) < 4.78 is 5.23. The van der Waals surface area contributed by atoms with Gasteiger partial charge in [-0.15, -0.1) is 0 Å².